The number of aromatic hydroxyl groups is 1. The highest BCUT2D eigenvalue weighted by Crippen LogP contribution is 2.41. The van der Waals surface area contributed by atoms with Gasteiger partial charge in [0.1, 0.15) is 23.6 Å². The fourth-order valence-electron chi connectivity index (χ4n) is 5.54. The lowest BCUT2D eigenvalue weighted by atomic mass is 9.96. The number of aromatic nitrogens is 3. The zero-order chi connectivity index (χ0) is 25.0. The molecule has 10 heteroatoms. The van der Waals surface area contributed by atoms with Crippen LogP contribution in [0, 0.1) is 11.8 Å². The van der Waals surface area contributed by atoms with Gasteiger partial charge in [0.05, 0.1) is 31.2 Å². The van der Waals surface area contributed by atoms with Crippen LogP contribution in [0.2, 0.25) is 0 Å². The molecule has 2 N–H and O–H groups in total. The molecular formula is C26H26F3N5O2. The minimum atomic E-state index is -0.979. The van der Waals surface area contributed by atoms with Crippen molar-refractivity contribution in [3.05, 3.63) is 48.4 Å². The average Bonchev–Trinajstić information content (AvgIpc) is 3.63. The maximum absolute atomic E-state index is 15.3. The number of hydrogen-bond acceptors (Lipinski definition) is 7. The molecule has 7 nitrogen and oxygen atoms in total. The lowest BCUT2D eigenvalue weighted by Crippen LogP contribution is -2.57. The van der Waals surface area contributed by atoms with E-state index < -0.39 is 17.9 Å². The molecule has 2 saturated heterocycles. The van der Waals surface area contributed by atoms with Gasteiger partial charge in [-0.05, 0) is 49.8 Å². The first-order valence-electron chi connectivity index (χ1n) is 12.2. The number of nitrogens with zero attached hydrogens (tertiary/aromatic N) is 4. The summed E-state index contributed by atoms with van der Waals surface area (Å²) in [5.41, 5.74) is 0.600. The number of phenolic OH excluding ortho intramolecular Hbond substituents is 1. The summed E-state index contributed by atoms with van der Waals surface area (Å²) in [6.45, 7) is 0. The normalized spacial score (nSPS) is 25.1. The first kappa shape index (κ1) is 23.0. The Hall–Kier alpha value is -3.40. The highest BCUT2D eigenvalue weighted by molar-refractivity contribution is 5.75. The number of piperidine rings is 1. The molecule has 1 saturated carbocycles. The zero-order valence-electron chi connectivity index (χ0n) is 19.7. The third-order valence-electron chi connectivity index (χ3n) is 7.41. The van der Waals surface area contributed by atoms with E-state index in [4.69, 9.17) is 4.74 Å². The van der Waals surface area contributed by atoms with Crippen LogP contribution in [0.1, 0.15) is 32.1 Å². The van der Waals surface area contributed by atoms with Crippen LogP contribution in [-0.2, 0) is 0 Å². The maximum Gasteiger partial charge on any atom is 0.216 e. The van der Waals surface area contributed by atoms with Crippen molar-refractivity contribution in [2.24, 2.45) is 0 Å². The summed E-state index contributed by atoms with van der Waals surface area (Å²) in [6.07, 6.45) is 6.61. The largest absolute Gasteiger partial charge is 0.507 e. The minimum absolute atomic E-state index is 0.00476. The Balaban J connectivity index is 1.29. The van der Waals surface area contributed by atoms with E-state index in [2.05, 4.69) is 25.2 Å². The molecule has 2 bridgehead atoms. The summed E-state index contributed by atoms with van der Waals surface area (Å²) >= 11 is 0. The van der Waals surface area contributed by atoms with Gasteiger partial charge in [-0.1, -0.05) is 0 Å². The molecule has 3 aliphatic rings. The average molecular weight is 498 g/mol. The van der Waals surface area contributed by atoms with Gasteiger partial charge in [0, 0.05) is 41.4 Å². The number of ether oxygens (including phenoxy) is 1. The van der Waals surface area contributed by atoms with Gasteiger partial charge in [-0.2, -0.15) is 9.37 Å². The van der Waals surface area contributed by atoms with Crippen LogP contribution in [0.4, 0.5) is 19.0 Å². The van der Waals surface area contributed by atoms with E-state index in [0.717, 1.165) is 44.2 Å². The standard InChI is InChI=1S/C26H26F3N5O2/c1-36-25-7-13(6-23(28)33-25)16-10-22(35)17(9-18(16)27)20-11-31-24(12-30-20)34(15-3-4-15)21-8-14-2-5-19(32-14)26(21)29/h6-7,9-12,14-15,19,21,26,32,35H,2-5,8H2,1H3/t14?,19?,21-,26+/m0/s1. The van der Waals surface area contributed by atoms with Crippen molar-refractivity contribution in [3.63, 3.8) is 0 Å². The number of halogens is 3. The summed E-state index contributed by atoms with van der Waals surface area (Å²) in [6, 6.07) is 5.00. The van der Waals surface area contributed by atoms with E-state index >= 15 is 8.78 Å². The van der Waals surface area contributed by atoms with Gasteiger partial charge in [-0.15, -0.1) is 0 Å². The molecule has 3 aromatic rings. The molecule has 0 spiro atoms. The molecule has 3 fully saturated rings. The second-order valence-electron chi connectivity index (χ2n) is 9.76. The molecule has 1 aromatic carbocycles. The molecule has 0 radical (unpaired) electrons. The van der Waals surface area contributed by atoms with E-state index in [-0.39, 0.29) is 52.1 Å². The quantitative estimate of drug-likeness (QED) is 0.489. The molecule has 6 rings (SSSR count). The SMILES string of the molecule is COc1cc(-c2cc(O)c(-c3cnc(N(C4CC4)[C@H]4CC5CCC(N5)[C@H]4F)cn3)cc2F)cc(F)n1. The van der Waals surface area contributed by atoms with Crippen molar-refractivity contribution in [3.8, 4) is 34.0 Å². The van der Waals surface area contributed by atoms with Gasteiger partial charge in [-0.3, -0.25) is 4.98 Å². The second kappa shape index (κ2) is 8.92. The number of fused-ring (bicyclic) bond motifs is 2. The predicted molar refractivity (Wildman–Crippen MR) is 128 cm³/mol. The van der Waals surface area contributed by atoms with Crippen LogP contribution in [0.15, 0.2) is 36.7 Å². The number of alkyl halides is 1. The topological polar surface area (TPSA) is 83.4 Å². The lowest BCUT2D eigenvalue weighted by Gasteiger charge is -2.41. The molecule has 188 valence electrons. The van der Waals surface area contributed by atoms with Crippen LogP contribution in [-0.4, -0.2) is 57.5 Å². The lowest BCUT2D eigenvalue weighted by molar-refractivity contribution is 0.171. The van der Waals surface area contributed by atoms with Crippen molar-refractivity contribution >= 4 is 5.82 Å². The number of methoxy groups -OCH3 is 1. The minimum Gasteiger partial charge on any atom is -0.507 e. The third-order valence-corrected chi connectivity index (χ3v) is 7.41. The van der Waals surface area contributed by atoms with E-state index in [0.29, 0.717) is 11.9 Å². The third kappa shape index (κ3) is 4.13. The number of rotatable bonds is 6. The van der Waals surface area contributed by atoms with E-state index in [1.165, 1.54) is 25.4 Å². The summed E-state index contributed by atoms with van der Waals surface area (Å²) in [7, 11) is 1.33. The van der Waals surface area contributed by atoms with E-state index in [1.54, 1.807) is 6.20 Å². The highest BCUT2D eigenvalue weighted by atomic mass is 19.1. The second-order valence-corrected chi connectivity index (χ2v) is 9.76. The number of anilines is 1. The number of phenols is 1. The van der Waals surface area contributed by atoms with Gasteiger partial charge in [0.2, 0.25) is 11.8 Å². The van der Waals surface area contributed by atoms with Crippen molar-refractivity contribution in [1.29, 1.82) is 0 Å². The Bertz CT molecular complexity index is 1290. The van der Waals surface area contributed by atoms with Crippen molar-refractivity contribution < 1.29 is 23.0 Å². The Morgan fingerprint density at radius 2 is 1.86 bits per heavy atom. The first-order valence-corrected chi connectivity index (χ1v) is 12.2. The summed E-state index contributed by atoms with van der Waals surface area (Å²) in [5.74, 6) is -1.15. The van der Waals surface area contributed by atoms with Gasteiger partial charge in [0.25, 0.3) is 0 Å². The van der Waals surface area contributed by atoms with Crippen LogP contribution in [0.25, 0.3) is 22.4 Å². The Morgan fingerprint density at radius 3 is 2.58 bits per heavy atom. The van der Waals surface area contributed by atoms with Crippen molar-refractivity contribution in [1.82, 2.24) is 20.3 Å². The van der Waals surface area contributed by atoms with Gasteiger partial charge >= 0.3 is 0 Å². The number of nitrogens with one attached hydrogen (secondary N) is 1. The van der Waals surface area contributed by atoms with Crippen LogP contribution in [0.5, 0.6) is 11.6 Å². The smallest absolute Gasteiger partial charge is 0.216 e. The molecule has 4 atom stereocenters. The number of pyridine rings is 1. The molecule has 2 aromatic heterocycles. The van der Waals surface area contributed by atoms with E-state index in [9.17, 15) is 9.50 Å². The monoisotopic (exact) mass is 497 g/mol. The van der Waals surface area contributed by atoms with Crippen LogP contribution in [0.3, 0.4) is 0 Å². The van der Waals surface area contributed by atoms with Crippen molar-refractivity contribution in [2.75, 3.05) is 12.0 Å². The summed E-state index contributed by atoms with van der Waals surface area (Å²) in [5, 5.41) is 14.0. The summed E-state index contributed by atoms with van der Waals surface area (Å²) < 4.78 is 49.1. The zero-order valence-corrected chi connectivity index (χ0v) is 19.7. The van der Waals surface area contributed by atoms with Crippen LogP contribution < -0.4 is 15.0 Å². The fraction of sp³-hybridized carbons (Fsp3) is 0.423. The Morgan fingerprint density at radius 1 is 1.03 bits per heavy atom. The number of hydrogen-bond donors (Lipinski definition) is 2. The van der Waals surface area contributed by atoms with Crippen LogP contribution >= 0.6 is 0 Å². The molecule has 2 unspecified atom stereocenters. The molecule has 0 amide bonds. The predicted octanol–water partition coefficient (Wildman–Crippen LogP) is 4.40. The molecule has 1 aliphatic carbocycles. The van der Waals surface area contributed by atoms with Gasteiger partial charge in [0.15, 0.2) is 0 Å². The maximum atomic E-state index is 15.3. The first-order chi connectivity index (χ1) is 17.4. The van der Waals surface area contributed by atoms with Gasteiger partial charge in [-0.25, -0.2) is 13.8 Å². The van der Waals surface area contributed by atoms with E-state index in [1.807, 2.05) is 0 Å². The molecule has 36 heavy (non-hydrogen) atoms. The van der Waals surface area contributed by atoms with Gasteiger partial charge < -0.3 is 20.1 Å². The molecular weight excluding hydrogens is 471 g/mol. The fourth-order valence-corrected chi connectivity index (χ4v) is 5.54. The Labute approximate surface area is 206 Å². The Kier molecular flexibility index (Phi) is 5.70. The highest BCUT2D eigenvalue weighted by Gasteiger charge is 2.48. The van der Waals surface area contributed by atoms with Crippen molar-refractivity contribution in [2.45, 2.75) is 62.4 Å². The molecule has 2 aliphatic heterocycles. The summed E-state index contributed by atoms with van der Waals surface area (Å²) in [4.78, 5) is 14.6. The number of benzene rings is 1. The molecule has 4 heterocycles.